The molecule has 1 atom stereocenters. The van der Waals surface area contributed by atoms with Gasteiger partial charge in [-0.15, -0.1) is 0 Å². The minimum atomic E-state index is -0.600. The number of benzene rings is 2. The molecule has 2 amide bonds. The van der Waals surface area contributed by atoms with Gasteiger partial charge in [-0.1, -0.05) is 12.1 Å². The van der Waals surface area contributed by atoms with Crippen molar-refractivity contribution < 1.29 is 19.1 Å². The second-order valence-corrected chi connectivity index (χ2v) is 6.68. The van der Waals surface area contributed by atoms with Gasteiger partial charge >= 0.3 is 0 Å². The van der Waals surface area contributed by atoms with E-state index in [0.717, 1.165) is 0 Å². The Labute approximate surface area is 159 Å². The van der Waals surface area contributed by atoms with E-state index in [1.54, 1.807) is 19.1 Å². The highest BCUT2D eigenvalue weighted by molar-refractivity contribution is 6.07. The normalized spacial score (nSPS) is 16.9. The van der Waals surface area contributed by atoms with Gasteiger partial charge in [0.05, 0.1) is 17.4 Å². The van der Waals surface area contributed by atoms with Crippen LogP contribution in [0.3, 0.4) is 0 Å². The number of phenols is 1. The van der Waals surface area contributed by atoms with Crippen molar-refractivity contribution in [2.75, 3.05) is 5.32 Å². The van der Waals surface area contributed by atoms with E-state index in [9.17, 15) is 19.1 Å². The van der Waals surface area contributed by atoms with Gasteiger partial charge in [0.15, 0.2) is 0 Å². The molecule has 0 radical (unpaired) electrons. The van der Waals surface area contributed by atoms with Crippen LogP contribution in [0, 0.1) is 5.82 Å². The fraction of sp³-hybridized carbons (Fsp3) is 0.150. The zero-order chi connectivity index (χ0) is 19.8. The summed E-state index contributed by atoms with van der Waals surface area (Å²) in [6, 6.07) is 9.16. The maximum Gasteiger partial charge on any atom is 0.254 e. The Morgan fingerprint density at radius 2 is 2.14 bits per heavy atom. The van der Waals surface area contributed by atoms with Crippen molar-refractivity contribution in [1.29, 1.82) is 0 Å². The summed E-state index contributed by atoms with van der Waals surface area (Å²) < 4.78 is 14.4. The molecule has 2 heterocycles. The minimum absolute atomic E-state index is 0.0192. The predicted molar refractivity (Wildman–Crippen MR) is 101 cm³/mol. The zero-order valence-electron chi connectivity index (χ0n) is 14.9. The lowest BCUT2D eigenvalue weighted by atomic mass is 9.84. The van der Waals surface area contributed by atoms with Crippen LogP contribution < -0.4 is 10.6 Å². The molecule has 0 spiro atoms. The second-order valence-electron chi connectivity index (χ2n) is 6.68. The number of hydrogen-bond acceptors (Lipinski definition) is 4. The van der Waals surface area contributed by atoms with Crippen LogP contribution in [0.25, 0.3) is 10.9 Å². The average Bonchev–Trinajstić information content (AvgIpc) is 3.08. The van der Waals surface area contributed by atoms with Crippen LogP contribution in [0.2, 0.25) is 0 Å². The lowest BCUT2D eigenvalue weighted by molar-refractivity contribution is -0.121. The molecule has 4 N–H and O–H groups in total. The molecule has 1 aliphatic heterocycles. The Balaban J connectivity index is 1.71. The summed E-state index contributed by atoms with van der Waals surface area (Å²) in [4.78, 5) is 25.0. The molecular weight excluding hydrogens is 363 g/mol. The molecule has 8 heteroatoms. The lowest BCUT2D eigenvalue weighted by Crippen LogP contribution is -2.35. The van der Waals surface area contributed by atoms with E-state index in [2.05, 4.69) is 20.8 Å². The summed E-state index contributed by atoms with van der Waals surface area (Å²) in [6.45, 7) is 1.62. The Bertz CT molecular complexity index is 1140. The topological polar surface area (TPSA) is 107 Å². The van der Waals surface area contributed by atoms with Crippen molar-refractivity contribution in [3.63, 3.8) is 0 Å². The van der Waals surface area contributed by atoms with Gasteiger partial charge in [-0.2, -0.15) is 5.10 Å². The molecule has 0 bridgehead atoms. The van der Waals surface area contributed by atoms with Crippen LogP contribution in [-0.4, -0.2) is 27.1 Å². The second kappa shape index (κ2) is 6.80. The number of phenolic OH excluding ortho intramolecular Hbond substituents is 1. The standard InChI is InChI=1S/C20H17FN4O3/c1-10-19(14(7-18(27)23-10)11-3-2-4-13(26)5-11)20(28)24-17-6-12-9-22-25-16(12)8-15(17)21/h2-6,8-9,14,26H,7H2,1H3,(H,22,25)(H,23,27)(H,24,28). The molecule has 0 fully saturated rings. The van der Waals surface area contributed by atoms with E-state index in [0.29, 0.717) is 27.7 Å². The number of carbonyl (C=O) groups excluding carboxylic acids is 2. The third kappa shape index (κ3) is 3.20. The molecule has 3 aromatic rings. The first kappa shape index (κ1) is 17.7. The number of allylic oxidation sites excluding steroid dienone is 1. The number of anilines is 1. The largest absolute Gasteiger partial charge is 0.508 e. The number of nitrogens with zero attached hydrogens (tertiary/aromatic N) is 1. The molecule has 7 nitrogen and oxygen atoms in total. The first-order valence-corrected chi connectivity index (χ1v) is 8.66. The van der Waals surface area contributed by atoms with Crippen molar-refractivity contribution in [3.8, 4) is 5.75 Å². The van der Waals surface area contributed by atoms with Crippen molar-refractivity contribution in [1.82, 2.24) is 15.5 Å². The van der Waals surface area contributed by atoms with Gasteiger partial charge in [-0.05, 0) is 30.7 Å². The Hall–Kier alpha value is -3.68. The molecule has 28 heavy (non-hydrogen) atoms. The van der Waals surface area contributed by atoms with E-state index in [1.165, 1.54) is 30.5 Å². The summed E-state index contributed by atoms with van der Waals surface area (Å²) in [5, 5.41) is 22.2. The van der Waals surface area contributed by atoms with Crippen LogP contribution in [0.1, 0.15) is 24.8 Å². The van der Waals surface area contributed by atoms with E-state index < -0.39 is 17.6 Å². The Morgan fingerprint density at radius 1 is 1.32 bits per heavy atom. The summed E-state index contributed by atoms with van der Waals surface area (Å²) in [5.74, 6) is -1.86. The molecule has 0 aliphatic carbocycles. The summed E-state index contributed by atoms with van der Waals surface area (Å²) >= 11 is 0. The molecule has 0 saturated carbocycles. The van der Waals surface area contributed by atoms with Crippen molar-refractivity contribution in [2.45, 2.75) is 19.3 Å². The number of aromatic hydroxyl groups is 1. The van der Waals surface area contributed by atoms with Crippen molar-refractivity contribution in [2.24, 2.45) is 0 Å². The van der Waals surface area contributed by atoms with Crippen molar-refractivity contribution >= 4 is 28.4 Å². The van der Waals surface area contributed by atoms with Gasteiger partial charge in [0.25, 0.3) is 5.91 Å². The average molecular weight is 380 g/mol. The van der Waals surface area contributed by atoms with Crippen molar-refractivity contribution in [3.05, 3.63) is 65.2 Å². The van der Waals surface area contributed by atoms with Gasteiger partial charge < -0.3 is 15.7 Å². The number of H-pyrrole nitrogens is 1. The molecule has 142 valence electrons. The number of halogens is 1. The highest BCUT2D eigenvalue weighted by Crippen LogP contribution is 2.35. The number of fused-ring (bicyclic) bond motifs is 1. The molecule has 4 rings (SSSR count). The fourth-order valence-corrected chi connectivity index (χ4v) is 3.48. The fourth-order valence-electron chi connectivity index (χ4n) is 3.48. The quantitative estimate of drug-likeness (QED) is 0.560. The van der Waals surface area contributed by atoms with Gasteiger partial charge in [0.2, 0.25) is 5.91 Å². The maximum atomic E-state index is 14.4. The smallest absolute Gasteiger partial charge is 0.254 e. The lowest BCUT2D eigenvalue weighted by Gasteiger charge is -2.27. The first-order valence-electron chi connectivity index (χ1n) is 8.66. The number of aromatic nitrogens is 2. The molecular formula is C20H17FN4O3. The number of aromatic amines is 1. The Morgan fingerprint density at radius 3 is 2.93 bits per heavy atom. The number of amides is 2. The van der Waals surface area contributed by atoms with Crippen LogP contribution in [0.4, 0.5) is 10.1 Å². The third-order valence-corrected chi connectivity index (χ3v) is 4.76. The Kier molecular flexibility index (Phi) is 4.31. The van der Waals surface area contributed by atoms with Crippen LogP contribution >= 0.6 is 0 Å². The predicted octanol–water partition coefficient (Wildman–Crippen LogP) is 2.92. The number of carbonyl (C=O) groups is 2. The van der Waals surface area contributed by atoms with Crippen LogP contribution in [0.5, 0.6) is 5.75 Å². The molecule has 1 aromatic heterocycles. The SMILES string of the molecule is CC1=C(C(=O)Nc2cc3cn[nH]c3cc2F)C(c2cccc(O)c2)CC(=O)N1. The summed E-state index contributed by atoms with van der Waals surface area (Å²) in [7, 11) is 0. The van der Waals surface area contributed by atoms with E-state index in [4.69, 9.17) is 0 Å². The summed E-state index contributed by atoms with van der Waals surface area (Å²) in [5.41, 5.74) is 1.88. The van der Waals surface area contributed by atoms with E-state index in [-0.39, 0.29) is 23.8 Å². The molecule has 2 aromatic carbocycles. The molecule has 1 unspecified atom stereocenters. The monoisotopic (exact) mass is 380 g/mol. The van der Waals surface area contributed by atoms with E-state index in [1.807, 2.05) is 0 Å². The van der Waals surface area contributed by atoms with E-state index >= 15 is 0 Å². The number of rotatable bonds is 3. The summed E-state index contributed by atoms with van der Waals surface area (Å²) in [6.07, 6.45) is 1.58. The van der Waals surface area contributed by atoms with Gasteiger partial charge in [-0.3, -0.25) is 14.7 Å². The minimum Gasteiger partial charge on any atom is -0.508 e. The number of hydrogen-bond donors (Lipinski definition) is 4. The first-order chi connectivity index (χ1) is 13.4. The van der Waals surface area contributed by atoms with Crippen LogP contribution in [-0.2, 0) is 9.59 Å². The highest BCUT2D eigenvalue weighted by atomic mass is 19.1. The van der Waals surface area contributed by atoms with Gasteiger partial charge in [0.1, 0.15) is 11.6 Å². The molecule has 0 saturated heterocycles. The zero-order valence-corrected chi connectivity index (χ0v) is 14.9. The highest BCUT2D eigenvalue weighted by Gasteiger charge is 2.32. The number of nitrogens with one attached hydrogen (secondary N) is 3. The van der Waals surface area contributed by atoms with Gasteiger partial charge in [0, 0.05) is 35.1 Å². The molecule has 1 aliphatic rings. The van der Waals surface area contributed by atoms with Crippen LogP contribution in [0.15, 0.2) is 53.9 Å². The van der Waals surface area contributed by atoms with Gasteiger partial charge in [-0.25, -0.2) is 4.39 Å². The third-order valence-electron chi connectivity index (χ3n) is 4.76. The maximum absolute atomic E-state index is 14.4.